The van der Waals surface area contributed by atoms with Gasteiger partial charge in [-0.15, -0.1) is 0 Å². The third-order valence-corrected chi connectivity index (χ3v) is 4.05. The van der Waals surface area contributed by atoms with Crippen molar-refractivity contribution >= 4 is 18.3 Å². The molecule has 0 bridgehead atoms. The van der Waals surface area contributed by atoms with Crippen LogP contribution in [0.5, 0.6) is 0 Å². The second-order valence-corrected chi connectivity index (χ2v) is 5.28. The highest BCUT2D eigenvalue weighted by molar-refractivity contribution is 7.80. The number of nitrogens with zero attached hydrogens (tertiary/aromatic N) is 1. The Balaban J connectivity index is 2.06. The van der Waals surface area contributed by atoms with Crippen molar-refractivity contribution in [3.63, 3.8) is 0 Å². The van der Waals surface area contributed by atoms with Gasteiger partial charge in [0.1, 0.15) is 0 Å². The lowest BCUT2D eigenvalue weighted by molar-refractivity contribution is 0.154. The molecule has 1 aromatic rings. The number of piperidine rings is 1. The fraction of sp³-hybridized carbons (Fsp3) is 0.571. The molecule has 1 heterocycles. The summed E-state index contributed by atoms with van der Waals surface area (Å²) >= 11 is 4.32. The van der Waals surface area contributed by atoms with Gasteiger partial charge >= 0.3 is 0 Å². The second kappa shape index (κ2) is 5.78. The van der Waals surface area contributed by atoms with Crippen LogP contribution >= 0.6 is 12.6 Å². The first-order valence-electron chi connectivity index (χ1n) is 6.34. The number of β-amino-alcohol motifs (C(OH)–C–C–N with tert-alkyl or cyclic N) is 1. The first kappa shape index (κ1) is 12.8. The molecule has 0 aliphatic carbocycles. The molecule has 0 saturated carbocycles. The molecule has 1 aliphatic heterocycles. The molecule has 1 aromatic carbocycles. The zero-order chi connectivity index (χ0) is 12.3. The van der Waals surface area contributed by atoms with Crippen molar-refractivity contribution in [1.29, 1.82) is 0 Å². The van der Waals surface area contributed by atoms with Crippen molar-refractivity contribution in [2.24, 2.45) is 0 Å². The molecule has 0 aromatic heterocycles. The van der Waals surface area contributed by atoms with Gasteiger partial charge in [0, 0.05) is 18.8 Å². The van der Waals surface area contributed by atoms with Crippen LogP contribution in [0.1, 0.15) is 31.2 Å². The van der Waals surface area contributed by atoms with Crippen molar-refractivity contribution in [3.8, 4) is 0 Å². The van der Waals surface area contributed by atoms with Gasteiger partial charge in [0.2, 0.25) is 0 Å². The Kier molecular flexibility index (Phi) is 4.35. The minimum absolute atomic E-state index is 0.167. The summed E-state index contributed by atoms with van der Waals surface area (Å²) in [5, 5.41) is 9.67. The van der Waals surface area contributed by atoms with Crippen LogP contribution in [0.15, 0.2) is 24.3 Å². The van der Waals surface area contributed by atoms with Crippen LogP contribution in [0.3, 0.4) is 0 Å². The normalized spacial score (nSPS) is 22.5. The fourth-order valence-corrected chi connectivity index (χ4v) is 2.52. The van der Waals surface area contributed by atoms with Crippen LogP contribution in [-0.2, 0) is 0 Å². The molecular weight excluding hydrogens is 230 g/mol. The molecule has 3 heteroatoms. The monoisotopic (exact) mass is 251 g/mol. The summed E-state index contributed by atoms with van der Waals surface area (Å²) in [7, 11) is 0. The van der Waals surface area contributed by atoms with Crippen LogP contribution in [0.2, 0.25) is 0 Å². The van der Waals surface area contributed by atoms with E-state index in [0.29, 0.717) is 5.92 Å². The standard InChI is InChI=1S/C14H21NOS/c1-11(10-17)12-4-6-13(7-5-12)15-8-2-3-14(16)9-15/h4-7,11,14,16-17H,2-3,8-10H2,1H3. The maximum absolute atomic E-state index is 9.67. The number of aliphatic hydroxyl groups excluding tert-OH is 1. The third kappa shape index (κ3) is 3.17. The lowest BCUT2D eigenvalue weighted by atomic mass is 10.0. The Labute approximate surface area is 109 Å². The maximum atomic E-state index is 9.67. The number of thiol groups is 1. The first-order chi connectivity index (χ1) is 8.20. The summed E-state index contributed by atoms with van der Waals surface area (Å²) in [5.74, 6) is 1.38. The summed E-state index contributed by atoms with van der Waals surface area (Å²) in [5.41, 5.74) is 2.56. The maximum Gasteiger partial charge on any atom is 0.0715 e. The molecule has 1 fully saturated rings. The van der Waals surface area contributed by atoms with E-state index in [4.69, 9.17) is 0 Å². The summed E-state index contributed by atoms with van der Waals surface area (Å²) in [6.07, 6.45) is 1.85. The number of anilines is 1. The highest BCUT2D eigenvalue weighted by Crippen LogP contribution is 2.23. The van der Waals surface area contributed by atoms with Gasteiger partial charge in [-0.25, -0.2) is 0 Å². The smallest absolute Gasteiger partial charge is 0.0715 e. The van der Waals surface area contributed by atoms with E-state index in [1.807, 2.05) is 0 Å². The number of aliphatic hydroxyl groups is 1. The Hall–Kier alpha value is -0.670. The molecule has 0 spiro atoms. The minimum Gasteiger partial charge on any atom is -0.391 e. The van der Waals surface area contributed by atoms with Crippen LogP contribution in [0.4, 0.5) is 5.69 Å². The van der Waals surface area contributed by atoms with Gasteiger partial charge in [0.25, 0.3) is 0 Å². The summed E-state index contributed by atoms with van der Waals surface area (Å²) in [6, 6.07) is 8.68. The average molecular weight is 251 g/mol. The molecule has 1 saturated heterocycles. The van der Waals surface area contributed by atoms with Gasteiger partial charge in [-0.3, -0.25) is 0 Å². The van der Waals surface area contributed by atoms with Gasteiger partial charge < -0.3 is 10.0 Å². The zero-order valence-corrected chi connectivity index (χ0v) is 11.2. The largest absolute Gasteiger partial charge is 0.391 e. The summed E-state index contributed by atoms with van der Waals surface area (Å²) in [6.45, 7) is 4.01. The van der Waals surface area contributed by atoms with Gasteiger partial charge in [0.15, 0.2) is 0 Å². The molecular formula is C14H21NOS. The van der Waals surface area contributed by atoms with Crippen molar-refractivity contribution in [3.05, 3.63) is 29.8 Å². The Bertz CT molecular complexity index is 352. The molecule has 2 rings (SSSR count). The van der Waals surface area contributed by atoms with E-state index < -0.39 is 0 Å². The lowest BCUT2D eigenvalue weighted by Gasteiger charge is -2.32. The molecule has 17 heavy (non-hydrogen) atoms. The Morgan fingerprint density at radius 3 is 2.71 bits per heavy atom. The average Bonchev–Trinajstić information content (AvgIpc) is 2.38. The number of hydrogen-bond donors (Lipinski definition) is 2. The topological polar surface area (TPSA) is 23.5 Å². The summed E-state index contributed by atoms with van der Waals surface area (Å²) < 4.78 is 0. The van der Waals surface area contributed by atoms with Crippen LogP contribution < -0.4 is 4.90 Å². The predicted octanol–water partition coefficient (Wildman–Crippen LogP) is 2.68. The molecule has 1 aliphatic rings. The van der Waals surface area contributed by atoms with Crippen molar-refractivity contribution in [2.45, 2.75) is 31.8 Å². The van der Waals surface area contributed by atoms with E-state index in [9.17, 15) is 5.11 Å². The van der Waals surface area contributed by atoms with E-state index in [1.54, 1.807) is 0 Å². The van der Waals surface area contributed by atoms with Gasteiger partial charge in [0.05, 0.1) is 6.10 Å². The quantitative estimate of drug-likeness (QED) is 0.807. The minimum atomic E-state index is -0.167. The highest BCUT2D eigenvalue weighted by Gasteiger charge is 2.17. The van der Waals surface area contributed by atoms with Gasteiger partial charge in [-0.05, 0) is 42.2 Å². The van der Waals surface area contributed by atoms with Crippen LogP contribution in [0, 0.1) is 0 Å². The molecule has 0 amide bonds. The molecule has 94 valence electrons. The van der Waals surface area contributed by atoms with E-state index in [0.717, 1.165) is 31.7 Å². The summed E-state index contributed by atoms with van der Waals surface area (Å²) in [4.78, 5) is 2.27. The van der Waals surface area contributed by atoms with Crippen molar-refractivity contribution < 1.29 is 5.11 Å². The number of benzene rings is 1. The number of rotatable bonds is 3. The lowest BCUT2D eigenvalue weighted by Crippen LogP contribution is -2.38. The van der Waals surface area contributed by atoms with Gasteiger partial charge in [-0.1, -0.05) is 19.1 Å². The zero-order valence-electron chi connectivity index (χ0n) is 10.3. The van der Waals surface area contributed by atoms with E-state index in [1.165, 1.54) is 11.3 Å². The predicted molar refractivity (Wildman–Crippen MR) is 76.2 cm³/mol. The first-order valence-corrected chi connectivity index (χ1v) is 6.98. The Morgan fingerprint density at radius 2 is 2.12 bits per heavy atom. The molecule has 0 radical (unpaired) electrons. The Morgan fingerprint density at radius 1 is 1.41 bits per heavy atom. The highest BCUT2D eigenvalue weighted by atomic mass is 32.1. The van der Waals surface area contributed by atoms with E-state index in [2.05, 4.69) is 48.7 Å². The molecule has 1 N–H and O–H groups in total. The van der Waals surface area contributed by atoms with E-state index in [-0.39, 0.29) is 6.10 Å². The molecule has 2 unspecified atom stereocenters. The van der Waals surface area contributed by atoms with Crippen molar-refractivity contribution in [1.82, 2.24) is 0 Å². The second-order valence-electron chi connectivity index (χ2n) is 4.92. The van der Waals surface area contributed by atoms with E-state index >= 15 is 0 Å². The SMILES string of the molecule is CC(CS)c1ccc(N2CCCC(O)C2)cc1. The van der Waals surface area contributed by atoms with Crippen molar-refractivity contribution in [2.75, 3.05) is 23.7 Å². The third-order valence-electron chi connectivity index (χ3n) is 3.50. The van der Waals surface area contributed by atoms with Crippen LogP contribution in [-0.4, -0.2) is 30.1 Å². The fourth-order valence-electron chi connectivity index (χ4n) is 2.31. The molecule has 2 nitrogen and oxygen atoms in total. The molecule has 2 atom stereocenters. The van der Waals surface area contributed by atoms with Gasteiger partial charge in [-0.2, -0.15) is 12.6 Å². The van der Waals surface area contributed by atoms with Crippen LogP contribution in [0.25, 0.3) is 0 Å². The number of hydrogen-bond acceptors (Lipinski definition) is 3.